The van der Waals surface area contributed by atoms with Gasteiger partial charge < -0.3 is 4.42 Å². The van der Waals surface area contributed by atoms with Gasteiger partial charge in [0.25, 0.3) is 0 Å². The first-order valence-corrected chi connectivity index (χ1v) is 4.79. The van der Waals surface area contributed by atoms with Gasteiger partial charge in [-0.15, -0.1) is 0 Å². The molecule has 1 heteroatoms. The average Bonchev–Trinajstić information content (AvgIpc) is 2.59. The first-order valence-electron chi connectivity index (χ1n) is 4.79. The molecule has 0 fully saturated rings. The maximum Gasteiger partial charge on any atom is 0.134 e. The minimum absolute atomic E-state index is 0.521. The number of fused-ring (bicyclic) bond motifs is 1. The minimum atomic E-state index is 0.521. The molecule has 0 bridgehead atoms. The van der Waals surface area contributed by atoms with Gasteiger partial charge in [-0.3, -0.25) is 0 Å². The Kier molecular flexibility index (Phi) is 2.09. The smallest absolute Gasteiger partial charge is 0.134 e. The summed E-state index contributed by atoms with van der Waals surface area (Å²) in [5, 5.41) is 1.21. The van der Waals surface area contributed by atoms with E-state index in [0.29, 0.717) is 5.92 Å². The molecule has 2 rings (SSSR count). The third-order valence-electron chi connectivity index (χ3n) is 2.54. The molecule has 1 aromatic heterocycles. The van der Waals surface area contributed by atoms with Crippen LogP contribution in [0.4, 0.5) is 0 Å². The Morgan fingerprint density at radius 2 is 2.08 bits per heavy atom. The van der Waals surface area contributed by atoms with Crippen LogP contribution < -0.4 is 0 Å². The summed E-state index contributed by atoms with van der Waals surface area (Å²) in [4.78, 5) is 0. The Hall–Kier alpha value is -1.24. The lowest BCUT2D eigenvalue weighted by Gasteiger charge is -2.01. The van der Waals surface area contributed by atoms with Crippen LogP contribution in [-0.4, -0.2) is 0 Å². The second-order valence-corrected chi connectivity index (χ2v) is 3.50. The van der Waals surface area contributed by atoms with E-state index in [1.165, 1.54) is 5.39 Å². The van der Waals surface area contributed by atoms with Crippen molar-refractivity contribution >= 4 is 11.0 Å². The van der Waals surface area contributed by atoms with Crippen LogP contribution in [0.25, 0.3) is 11.0 Å². The SMILES string of the molecule is CC[C@H](C)c1cc2ccccc2o1. The summed E-state index contributed by atoms with van der Waals surface area (Å²) in [6.07, 6.45) is 1.12. The van der Waals surface area contributed by atoms with Crippen molar-refractivity contribution in [1.82, 2.24) is 0 Å². The molecule has 1 aromatic carbocycles. The average molecular weight is 174 g/mol. The largest absolute Gasteiger partial charge is 0.461 e. The van der Waals surface area contributed by atoms with Gasteiger partial charge >= 0.3 is 0 Å². The van der Waals surface area contributed by atoms with Crippen LogP contribution in [0.1, 0.15) is 31.9 Å². The standard InChI is InChI=1S/C12H14O/c1-3-9(2)12-8-10-6-4-5-7-11(10)13-12/h4-9H,3H2,1-2H3/t9-/m0/s1. The third kappa shape index (κ3) is 1.46. The Labute approximate surface area is 78.4 Å². The van der Waals surface area contributed by atoms with Gasteiger partial charge in [0.15, 0.2) is 0 Å². The number of benzene rings is 1. The molecule has 0 aliphatic heterocycles. The molecule has 1 heterocycles. The van der Waals surface area contributed by atoms with E-state index in [4.69, 9.17) is 4.42 Å². The van der Waals surface area contributed by atoms with E-state index in [1.807, 2.05) is 18.2 Å². The molecule has 0 unspecified atom stereocenters. The Bertz CT molecular complexity index is 367. The zero-order valence-corrected chi connectivity index (χ0v) is 8.08. The first-order chi connectivity index (χ1) is 6.31. The number of furan rings is 1. The Morgan fingerprint density at radius 1 is 1.31 bits per heavy atom. The molecule has 0 amide bonds. The minimum Gasteiger partial charge on any atom is -0.461 e. The maximum absolute atomic E-state index is 5.72. The highest BCUT2D eigenvalue weighted by atomic mass is 16.3. The molecule has 1 nitrogen and oxygen atoms in total. The van der Waals surface area contributed by atoms with E-state index >= 15 is 0 Å². The zero-order chi connectivity index (χ0) is 9.26. The fraction of sp³-hybridized carbons (Fsp3) is 0.333. The summed E-state index contributed by atoms with van der Waals surface area (Å²) in [6.45, 7) is 4.37. The van der Waals surface area contributed by atoms with E-state index in [0.717, 1.165) is 17.8 Å². The van der Waals surface area contributed by atoms with Crippen LogP contribution in [0.5, 0.6) is 0 Å². The highest BCUT2D eigenvalue weighted by Gasteiger charge is 2.08. The van der Waals surface area contributed by atoms with E-state index in [-0.39, 0.29) is 0 Å². The Morgan fingerprint density at radius 3 is 2.77 bits per heavy atom. The van der Waals surface area contributed by atoms with Crippen molar-refractivity contribution in [2.24, 2.45) is 0 Å². The topological polar surface area (TPSA) is 13.1 Å². The van der Waals surface area contributed by atoms with Crippen LogP contribution >= 0.6 is 0 Å². The quantitative estimate of drug-likeness (QED) is 0.672. The van der Waals surface area contributed by atoms with Gasteiger partial charge in [0.1, 0.15) is 11.3 Å². The van der Waals surface area contributed by atoms with Crippen molar-refractivity contribution < 1.29 is 4.42 Å². The molecule has 0 N–H and O–H groups in total. The normalized spacial score (nSPS) is 13.4. The fourth-order valence-electron chi connectivity index (χ4n) is 1.45. The summed E-state index contributed by atoms with van der Waals surface area (Å²) in [6, 6.07) is 10.3. The van der Waals surface area contributed by atoms with Crippen LogP contribution in [0.2, 0.25) is 0 Å². The molecule has 0 saturated heterocycles. The molecule has 1 atom stereocenters. The summed E-state index contributed by atoms with van der Waals surface area (Å²) in [5.41, 5.74) is 0.998. The van der Waals surface area contributed by atoms with E-state index in [1.54, 1.807) is 0 Å². The van der Waals surface area contributed by atoms with Gasteiger partial charge in [-0.25, -0.2) is 0 Å². The van der Waals surface area contributed by atoms with Crippen molar-refractivity contribution in [2.75, 3.05) is 0 Å². The molecule has 0 aliphatic rings. The summed E-state index contributed by atoms with van der Waals surface area (Å²) >= 11 is 0. The summed E-state index contributed by atoms with van der Waals surface area (Å²) in [5.74, 6) is 1.62. The lowest BCUT2D eigenvalue weighted by Crippen LogP contribution is -1.86. The van der Waals surface area contributed by atoms with Crippen LogP contribution in [-0.2, 0) is 0 Å². The Balaban J connectivity index is 2.49. The third-order valence-corrected chi connectivity index (χ3v) is 2.54. The van der Waals surface area contributed by atoms with Gasteiger partial charge in [-0.05, 0) is 18.6 Å². The van der Waals surface area contributed by atoms with E-state index in [2.05, 4.69) is 26.0 Å². The highest BCUT2D eigenvalue weighted by molar-refractivity contribution is 5.77. The second kappa shape index (κ2) is 3.25. The van der Waals surface area contributed by atoms with Gasteiger partial charge in [-0.1, -0.05) is 32.0 Å². The van der Waals surface area contributed by atoms with Crippen LogP contribution in [0.3, 0.4) is 0 Å². The lowest BCUT2D eigenvalue weighted by atomic mass is 10.1. The van der Waals surface area contributed by atoms with Crippen molar-refractivity contribution in [3.63, 3.8) is 0 Å². The highest BCUT2D eigenvalue weighted by Crippen LogP contribution is 2.26. The number of para-hydroxylation sites is 1. The maximum atomic E-state index is 5.72. The van der Waals surface area contributed by atoms with Crippen molar-refractivity contribution in [1.29, 1.82) is 0 Å². The number of rotatable bonds is 2. The van der Waals surface area contributed by atoms with Gasteiger partial charge in [-0.2, -0.15) is 0 Å². The molecule has 0 radical (unpaired) electrons. The molecule has 0 spiro atoms. The summed E-state index contributed by atoms with van der Waals surface area (Å²) in [7, 11) is 0. The van der Waals surface area contributed by atoms with Crippen molar-refractivity contribution in [3.05, 3.63) is 36.1 Å². The van der Waals surface area contributed by atoms with E-state index < -0.39 is 0 Å². The van der Waals surface area contributed by atoms with Crippen molar-refractivity contribution in [2.45, 2.75) is 26.2 Å². The van der Waals surface area contributed by atoms with Crippen LogP contribution in [0.15, 0.2) is 34.7 Å². The monoisotopic (exact) mass is 174 g/mol. The predicted molar refractivity (Wildman–Crippen MR) is 54.9 cm³/mol. The molecular formula is C12H14O. The first kappa shape index (κ1) is 8.36. The number of hydrogen-bond acceptors (Lipinski definition) is 1. The number of hydrogen-bond donors (Lipinski definition) is 0. The van der Waals surface area contributed by atoms with Crippen molar-refractivity contribution in [3.8, 4) is 0 Å². The van der Waals surface area contributed by atoms with Gasteiger partial charge in [0.05, 0.1) is 0 Å². The molecular weight excluding hydrogens is 160 g/mol. The zero-order valence-electron chi connectivity index (χ0n) is 8.08. The predicted octanol–water partition coefficient (Wildman–Crippen LogP) is 3.95. The molecule has 0 aliphatic carbocycles. The summed E-state index contributed by atoms with van der Waals surface area (Å²) < 4.78 is 5.72. The van der Waals surface area contributed by atoms with E-state index in [9.17, 15) is 0 Å². The molecule has 13 heavy (non-hydrogen) atoms. The second-order valence-electron chi connectivity index (χ2n) is 3.50. The molecule has 68 valence electrons. The molecule has 2 aromatic rings. The lowest BCUT2D eigenvalue weighted by molar-refractivity contribution is 0.499. The van der Waals surface area contributed by atoms with Crippen LogP contribution in [0, 0.1) is 0 Å². The van der Waals surface area contributed by atoms with Gasteiger partial charge in [0.2, 0.25) is 0 Å². The fourth-order valence-corrected chi connectivity index (χ4v) is 1.45. The van der Waals surface area contributed by atoms with Gasteiger partial charge in [0, 0.05) is 11.3 Å². The molecule has 0 saturated carbocycles.